The van der Waals surface area contributed by atoms with Crippen LogP contribution in [0.4, 0.5) is 0 Å². The molecule has 0 amide bonds. The molecule has 1 heterocycles. The normalized spacial score (nSPS) is 12.1. The van der Waals surface area contributed by atoms with Crippen molar-refractivity contribution in [1.29, 1.82) is 0 Å². The van der Waals surface area contributed by atoms with Gasteiger partial charge in [0.25, 0.3) is 0 Å². The molecule has 0 aliphatic rings. The summed E-state index contributed by atoms with van der Waals surface area (Å²) in [5.41, 5.74) is 0. The van der Waals surface area contributed by atoms with Crippen molar-refractivity contribution in [1.82, 2.24) is 10.2 Å². The first-order chi connectivity index (χ1) is 12.1. The maximum absolute atomic E-state index is 5.92. The molecule has 0 fully saturated rings. The van der Waals surface area contributed by atoms with Gasteiger partial charge in [0.2, 0.25) is 0 Å². The van der Waals surface area contributed by atoms with E-state index in [4.69, 9.17) is 9.47 Å². The Morgan fingerprint density at radius 2 is 1.92 bits per heavy atom. The summed E-state index contributed by atoms with van der Waals surface area (Å²) in [6.07, 6.45) is 1.04. The fourth-order valence-electron chi connectivity index (χ4n) is 2.39. The minimum absolute atomic E-state index is 0. The third kappa shape index (κ3) is 7.41. The van der Waals surface area contributed by atoms with Gasteiger partial charge < -0.3 is 19.7 Å². The van der Waals surface area contributed by atoms with Crippen LogP contribution in [0.2, 0.25) is 0 Å². The monoisotopic (exact) mass is 489 g/mol. The van der Waals surface area contributed by atoms with Gasteiger partial charge in [-0.05, 0) is 49.1 Å². The van der Waals surface area contributed by atoms with E-state index in [0.717, 1.165) is 30.4 Å². The van der Waals surface area contributed by atoms with Gasteiger partial charge >= 0.3 is 0 Å². The lowest BCUT2D eigenvalue weighted by Crippen LogP contribution is -2.43. The summed E-state index contributed by atoms with van der Waals surface area (Å²) >= 11 is 1.79. The van der Waals surface area contributed by atoms with Crippen LogP contribution in [0, 0.1) is 0 Å². The lowest BCUT2D eigenvalue weighted by Gasteiger charge is -2.23. The van der Waals surface area contributed by atoms with E-state index in [1.165, 1.54) is 4.88 Å². The van der Waals surface area contributed by atoms with Crippen LogP contribution in [-0.4, -0.2) is 51.3 Å². The first-order valence-electron chi connectivity index (χ1n) is 8.37. The van der Waals surface area contributed by atoms with Crippen LogP contribution in [-0.2, 0) is 6.42 Å². The molecular formula is C19H28IN3O2S. The zero-order valence-electron chi connectivity index (χ0n) is 15.8. The Morgan fingerprint density at radius 1 is 1.23 bits per heavy atom. The summed E-state index contributed by atoms with van der Waals surface area (Å²) in [7, 11) is 5.51. The molecule has 1 atom stereocenters. The van der Waals surface area contributed by atoms with Crippen LogP contribution in [0.1, 0.15) is 11.8 Å². The Hall–Kier alpha value is -1.48. The van der Waals surface area contributed by atoms with Crippen molar-refractivity contribution in [3.63, 3.8) is 0 Å². The minimum atomic E-state index is 0. The van der Waals surface area contributed by atoms with E-state index in [1.807, 2.05) is 31.2 Å². The van der Waals surface area contributed by atoms with Crippen molar-refractivity contribution < 1.29 is 9.47 Å². The number of ether oxygens (including phenoxy) is 2. The number of hydrogen-bond donors (Lipinski definition) is 1. The Kier molecular flexibility index (Phi) is 10.4. The summed E-state index contributed by atoms with van der Waals surface area (Å²) in [5, 5.41) is 5.48. The third-order valence-corrected chi connectivity index (χ3v) is 4.73. The minimum Gasteiger partial charge on any atom is -0.497 e. The Morgan fingerprint density at radius 3 is 2.50 bits per heavy atom. The van der Waals surface area contributed by atoms with Crippen molar-refractivity contribution in [2.45, 2.75) is 19.4 Å². The van der Waals surface area contributed by atoms with Crippen LogP contribution in [0.3, 0.4) is 0 Å². The second-order valence-electron chi connectivity index (χ2n) is 5.78. The summed E-state index contributed by atoms with van der Waals surface area (Å²) in [6.45, 7) is 3.64. The fraction of sp³-hybridized carbons (Fsp3) is 0.421. The molecule has 0 aliphatic heterocycles. The summed E-state index contributed by atoms with van der Waals surface area (Å²) in [4.78, 5) is 7.88. The van der Waals surface area contributed by atoms with Gasteiger partial charge in [0, 0.05) is 25.5 Å². The molecule has 1 unspecified atom stereocenters. The van der Waals surface area contributed by atoms with Crippen LogP contribution in [0.15, 0.2) is 46.8 Å². The molecule has 0 saturated carbocycles. The zero-order valence-corrected chi connectivity index (χ0v) is 18.9. The number of nitrogens with one attached hydrogen (secondary N) is 1. The number of hydrogen-bond acceptors (Lipinski definition) is 4. The molecule has 0 saturated heterocycles. The smallest absolute Gasteiger partial charge is 0.193 e. The average molecular weight is 489 g/mol. The van der Waals surface area contributed by atoms with Gasteiger partial charge in [-0.3, -0.25) is 4.99 Å². The summed E-state index contributed by atoms with van der Waals surface area (Å²) < 4.78 is 11.1. The van der Waals surface area contributed by atoms with Crippen molar-refractivity contribution in [3.05, 3.63) is 46.7 Å². The maximum Gasteiger partial charge on any atom is 0.193 e. The van der Waals surface area contributed by atoms with E-state index < -0.39 is 0 Å². The van der Waals surface area contributed by atoms with Crippen LogP contribution in [0.5, 0.6) is 11.5 Å². The fourth-order valence-corrected chi connectivity index (χ4v) is 3.08. The molecule has 0 bridgehead atoms. The molecule has 26 heavy (non-hydrogen) atoms. The number of guanidine groups is 1. The SMILES string of the molecule is CN=C(NCC(C)Oc1ccc(OC)cc1)N(C)CCc1cccs1.I. The topological polar surface area (TPSA) is 46.1 Å². The van der Waals surface area contributed by atoms with Crippen LogP contribution in [0.25, 0.3) is 0 Å². The van der Waals surface area contributed by atoms with E-state index in [9.17, 15) is 0 Å². The highest BCUT2D eigenvalue weighted by atomic mass is 127. The first-order valence-corrected chi connectivity index (χ1v) is 9.25. The number of methoxy groups -OCH3 is 1. The molecule has 0 spiro atoms. The first kappa shape index (κ1) is 22.6. The van der Waals surface area contributed by atoms with Gasteiger partial charge in [0.1, 0.15) is 17.6 Å². The molecule has 2 rings (SSSR count). The maximum atomic E-state index is 5.92. The van der Waals surface area contributed by atoms with Crippen LogP contribution >= 0.6 is 35.3 Å². The molecule has 0 radical (unpaired) electrons. The molecule has 0 aliphatic carbocycles. The number of nitrogens with zero attached hydrogens (tertiary/aromatic N) is 2. The van der Waals surface area contributed by atoms with Gasteiger partial charge in [-0.2, -0.15) is 0 Å². The molecule has 1 N–H and O–H groups in total. The highest BCUT2D eigenvalue weighted by Crippen LogP contribution is 2.18. The number of benzene rings is 1. The van der Waals surface area contributed by atoms with Gasteiger partial charge in [0.15, 0.2) is 5.96 Å². The second kappa shape index (κ2) is 12.0. The zero-order chi connectivity index (χ0) is 18.1. The molecule has 7 heteroatoms. The lowest BCUT2D eigenvalue weighted by molar-refractivity contribution is 0.222. The molecular weight excluding hydrogens is 461 g/mol. The molecule has 144 valence electrons. The van der Waals surface area contributed by atoms with Gasteiger partial charge in [-0.1, -0.05) is 6.07 Å². The average Bonchev–Trinajstić information content (AvgIpc) is 3.14. The van der Waals surface area contributed by atoms with Gasteiger partial charge in [0.05, 0.1) is 13.7 Å². The van der Waals surface area contributed by atoms with E-state index in [-0.39, 0.29) is 30.1 Å². The number of rotatable bonds is 8. The second-order valence-corrected chi connectivity index (χ2v) is 6.82. The Balaban J connectivity index is 0.00000338. The summed E-state index contributed by atoms with van der Waals surface area (Å²) in [6, 6.07) is 11.9. The highest BCUT2D eigenvalue weighted by molar-refractivity contribution is 14.0. The number of likely N-dealkylation sites (N-methyl/N-ethyl adjacent to an activating group) is 1. The molecule has 2 aromatic rings. The predicted molar refractivity (Wildman–Crippen MR) is 121 cm³/mol. The molecule has 1 aromatic carbocycles. The number of aliphatic imine (C=N–C) groups is 1. The number of halogens is 1. The van der Waals surface area contributed by atoms with Crippen molar-refractivity contribution >= 4 is 41.3 Å². The quantitative estimate of drug-likeness (QED) is 0.347. The van der Waals surface area contributed by atoms with Gasteiger partial charge in [-0.15, -0.1) is 35.3 Å². The lowest BCUT2D eigenvalue weighted by atomic mass is 10.3. The van der Waals surface area contributed by atoms with E-state index in [0.29, 0.717) is 6.54 Å². The van der Waals surface area contributed by atoms with E-state index in [2.05, 4.69) is 39.8 Å². The van der Waals surface area contributed by atoms with Crippen molar-refractivity contribution in [3.8, 4) is 11.5 Å². The predicted octanol–water partition coefficient (Wildman–Crippen LogP) is 3.89. The van der Waals surface area contributed by atoms with E-state index >= 15 is 0 Å². The van der Waals surface area contributed by atoms with Crippen LogP contribution < -0.4 is 14.8 Å². The number of thiophene rings is 1. The molecule has 1 aromatic heterocycles. The van der Waals surface area contributed by atoms with Gasteiger partial charge in [-0.25, -0.2) is 0 Å². The molecule has 5 nitrogen and oxygen atoms in total. The van der Waals surface area contributed by atoms with Crippen molar-refractivity contribution in [2.75, 3.05) is 34.3 Å². The van der Waals surface area contributed by atoms with Crippen molar-refractivity contribution in [2.24, 2.45) is 4.99 Å². The Labute approximate surface area is 177 Å². The third-order valence-electron chi connectivity index (χ3n) is 3.79. The Bertz CT molecular complexity index is 647. The summed E-state index contributed by atoms with van der Waals surface area (Å²) in [5.74, 6) is 2.53. The highest BCUT2D eigenvalue weighted by Gasteiger charge is 2.09. The standard InChI is InChI=1S/C19H27N3O2S.HI/c1-15(24-17-9-7-16(23-4)8-10-17)14-21-19(20-2)22(3)12-11-18-6-5-13-25-18;/h5-10,13,15H,11-12,14H2,1-4H3,(H,20,21);1H. The van der Waals surface area contributed by atoms with E-state index in [1.54, 1.807) is 25.5 Å². The largest absolute Gasteiger partial charge is 0.497 e.